The van der Waals surface area contributed by atoms with Gasteiger partial charge in [0, 0.05) is 0 Å². The van der Waals surface area contributed by atoms with Gasteiger partial charge >= 0.3 is 18.3 Å². The lowest BCUT2D eigenvalue weighted by Crippen LogP contribution is -2.43. The van der Waals surface area contributed by atoms with E-state index in [0.29, 0.717) is 0 Å². The number of hydrogen-bond acceptors (Lipinski definition) is 2. The summed E-state index contributed by atoms with van der Waals surface area (Å²) < 4.78 is 89.6. The van der Waals surface area contributed by atoms with E-state index in [9.17, 15) is 35.5 Å². The van der Waals surface area contributed by atoms with Crippen LogP contribution in [-0.2, 0) is 16.1 Å². The lowest BCUT2D eigenvalue weighted by Gasteiger charge is -2.21. The number of carbonyl (C=O) groups excluding carboxylic acids is 1. The Kier molecular flexibility index (Phi) is 4.61. The molecule has 0 aliphatic rings. The van der Waals surface area contributed by atoms with Crippen molar-refractivity contribution in [1.82, 2.24) is 0 Å². The molecule has 9 heteroatoms. The second-order valence-electron chi connectivity index (χ2n) is 3.75. The predicted molar refractivity (Wildman–Crippen MR) is 51.8 cm³/mol. The highest BCUT2D eigenvalue weighted by molar-refractivity contribution is 5.74. The summed E-state index contributed by atoms with van der Waals surface area (Å²) in [6.07, 6.45) is -11.6. The maximum Gasteiger partial charge on any atom is 0.411 e. The van der Waals surface area contributed by atoms with E-state index in [1.54, 1.807) is 0 Å². The number of carbonyl (C=O) groups is 1. The molecule has 0 saturated heterocycles. The third-order valence-electron chi connectivity index (χ3n) is 2.18. The normalized spacial score (nSPS) is 12.6. The van der Waals surface area contributed by atoms with Crippen molar-refractivity contribution in [3.8, 4) is 0 Å². The first-order chi connectivity index (χ1) is 9.01. The van der Waals surface area contributed by atoms with Crippen molar-refractivity contribution < 1.29 is 40.3 Å². The van der Waals surface area contributed by atoms with Gasteiger partial charge in [-0.2, -0.15) is 26.3 Å². The van der Waals surface area contributed by atoms with Crippen LogP contribution in [-0.4, -0.2) is 18.3 Å². The summed E-state index contributed by atoms with van der Waals surface area (Å²) >= 11 is 0. The van der Waals surface area contributed by atoms with Gasteiger partial charge in [0.05, 0.1) is 0 Å². The first-order valence-corrected chi connectivity index (χ1v) is 5.06. The summed E-state index contributed by atoms with van der Waals surface area (Å²) in [5, 5.41) is 0. The molecule has 0 atom stereocenters. The van der Waals surface area contributed by atoms with Crippen LogP contribution in [0.25, 0.3) is 0 Å². The van der Waals surface area contributed by atoms with Gasteiger partial charge in [0.25, 0.3) is 0 Å². The summed E-state index contributed by atoms with van der Waals surface area (Å²) in [6.45, 7) is -0.818. The minimum atomic E-state index is -5.79. The maximum atomic E-state index is 12.5. The Hall–Kier alpha value is -1.80. The topological polar surface area (TPSA) is 26.3 Å². The molecule has 0 aromatic heterocycles. The molecular formula is C11H7F7O2. The Morgan fingerprint density at radius 2 is 1.45 bits per heavy atom. The van der Waals surface area contributed by atoms with E-state index in [4.69, 9.17) is 0 Å². The van der Waals surface area contributed by atoms with Gasteiger partial charge in [-0.3, -0.25) is 4.79 Å². The fraction of sp³-hybridized carbons (Fsp3) is 0.364. The molecule has 0 heterocycles. The second kappa shape index (κ2) is 5.68. The van der Waals surface area contributed by atoms with Crippen LogP contribution in [0.3, 0.4) is 0 Å². The average molecular weight is 304 g/mol. The number of alkyl halides is 6. The van der Waals surface area contributed by atoms with Gasteiger partial charge in [-0.05, 0) is 17.7 Å². The Bertz CT molecular complexity index is 447. The molecule has 112 valence electrons. The van der Waals surface area contributed by atoms with Gasteiger partial charge in [0.15, 0.2) is 0 Å². The minimum absolute atomic E-state index is 0.0582. The summed E-state index contributed by atoms with van der Waals surface area (Å²) in [6, 6.07) is 3.99. The highest BCUT2D eigenvalue weighted by atomic mass is 19.4. The summed E-state index contributed by atoms with van der Waals surface area (Å²) in [7, 11) is 0. The SMILES string of the molecule is O=C(OCc1ccc(F)cc1)C(C(F)(F)F)C(F)(F)F. The fourth-order valence-corrected chi connectivity index (χ4v) is 1.27. The fourth-order valence-electron chi connectivity index (χ4n) is 1.27. The first kappa shape index (κ1) is 16.3. The largest absolute Gasteiger partial charge is 0.460 e. The van der Waals surface area contributed by atoms with Crippen molar-refractivity contribution in [2.24, 2.45) is 5.92 Å². The quantitative estimate of drug-likeness (QED) is 0.630. The third-order valence-corrected chi connectivity index (χ3v) is 2.18. The molecule has 0 bridgehead atoms. The smallest absolute Gasteiger partial charge is 0.411 e. The zero-order chi connectivity index (χ0) is 15.6. The molecular weight excluding hydrogens is 297 g/mol. The zero-order valence-electron chi connectivity index (χ0n) is 9.56. The summed E-state index contributed by atoms with van der Waals surface area (Å²) in [5.74, 6) is -7.30. The predicted octanol–water partition coefficient (Wildman–Crippen LogP) is 3.61. The molecule has 0 amide bonds. The van der Waals surface area contributed by atoms with Crippen molar-refractivity contribution in [3.63, 3.8) is 0 Å². The number of hydrogen-bond donors (Lipinski definition) is 0. The Labute approximate surface area is 108 Å². The highest BCUT2D eigenvalue weighted by Gasteiger charge is 2.62. The van der Waals surface area contributed by atoms with E-state index in [1.165, 1.54) is 0 Å². The molecule has 0 aliphatic heterocycles. The number of esters is 1. The van der Waals surface area contributed by atoms with Crippen LogP contribution in [0.5, 0.6) is 0 Å². The molecule has 0 unspecified atom stereocenters. The molecule has 0 saturated carbocycles. The summed E-state index contributed by atoms with van der Waals surface area (Å²) in [5.41, 5.74) is 0.0582. The van der Waals surface area contributed by atoms with Crippen molar-refractivity contribution in [2.45, 2.75) is 19.0 Å². The monoisotopic (exact) mass is 304 g/mol. The van der Waals surface area contributed by atoms with Crippen LogP contribution in [0.2, 0.25) is 0 Å². The van der Waals surface area contributed by atoms with E-state index in [1.807, 2.05) is 0 Å². The maximum absolute atomic E-state index is 12.5. The van der Waals surface area contributed by atoms with E-state index < -0.39 is 36.7 Å². The van der Waals surface area contributed by atoms with Crippen molar-refractivity contribution in [1.29, 1.82) is 0 Å². The summed E-state index contributed by atoms with van der Waals surface area (Å²) in [4.78, 5) is 10.9. The van der Waals surface area contributed by atoms with Gasteiger partial charge < -0.3 is 4.74 Å². The molecule has 0 fully saturated rings. The van der Waals surface area contributed by atoms with Crippen molar-refractivity contribution in [3.05, 3.63) is 35.6 Å². The van der Waals surface area contributed by atoms with Crippen molar-refractivity contribution >= 4 is 5.97 Å². The zero-order valence-corrected chi connectivity index (χ0v) is 9.56. The first-order valence-electron chi connectivity index (χ1n) is 5.06. The van der Waals surface area contributed by atoms with E-state index in [2.05, 4.69) is 4.74 Å². The average Bonchev–Trinajstić information content (AvgIpc) is 2.24. The van der Waals surface area contributed by atoms with Gasteiger partial charge in [-0.15, -0.1) is 0 Å². The van der Waals surface area contributed by atoms with Crippen molar-refractivity contribution in [2.75, 3.05) is 0 Å². The van der Waals surface area contributed by atoms with Gasteiger partial charge in [0.2, 0.25) is 5.92 Å². The lowest BCUT2D eigenvalue weighted by atomic mass is 10.1. The number of rotatable bonds is 3. The Morgan fingerprint density at radius 1 is 1.00 bits per heavy atom. The van der Waals surface area contributed by atoms with Crippen LogP contribution in [0.4, 0.5) is 30.7 Å². The second-order valence-corrected chi connectivity index (χ2v) is 3.75. The molecule has 0 spiro atoms. The van der Waals surface area contributed by atoms with E-state index in [0.717, 1.165) is 24.3 Å². The van der Waals surface area contributed by atoms with Gasteiger partial charge in [-0.25, -0.2) is 4.39 Å². The van der Waals surface area contributed by atoms with Crippen LogP contribution < -0.4 is 0 Å². The number of halogens is 7. The van der Waals surface area contributed by atoms with Crippen LogP contribution in [0.15, 0.2) is 24.3 Å². The Morgan fingerprint density at radius 3 is 1.85 bits per heavy atom. The molecule has 0 N–H and O–H groups in total. The third kappa shape index (κ3) is 4.39. The molecule has 2 nitrogen and oxygen atoms in total. The molecule has 20 heavy (non-hydrogen) atoms. The van der Waals surface area contributed by atoms with E-state index in [-0.39, 0.29) is 5.56 Å². The molecule has 0 aliphatic carbocycles. The highest BCUT2D eigenvalue weighted by Crippen LogP contribution is 2.40. The van der Waals surface area contributed by atoms with Gasteiger partial charge in [0.1, 0.15) is 12.4 Å². The van der Waals surface area contributed by atoms with Crippen LogP contribution >= 0.6 is 0 Å². The number of benzene rings is 1. The molecule has 1 rings (SSSR count). The van der Waals surface area contributed by atoms with E-state index >= 15 is 0 Å². The van der Waals surface area contributed by atoms with Crippen LogP contribution in [0, 0.1) is 11.7 Å². The number of ether oxygens (including phenoxy) is 1. The lowest BCUT2D eigenvalue weighted by molar-refractivity contribution is -0.282. The minimum Gasteiger partial charge on any atom is -0.460 e. The van der Waals surface area contributed by atoms with Gasteiger partial charge in [-0.1, -0.05) is 12.1 Å². The standard InChI is InChI=1S/C11H7F7O2/c12-7-3-1-6(2-4-7)5-20-9(19)8(10(13,14)15)11(16,17)18/h1-4,8H,5H2. The molecule has 0 radical (unpaired) electrons. The Balaban J connectivity index is 2.75. The van der Waals surface area contributed by atoms with Crippen LogP contribution in [0.1, 0.15) is 5.56 Å². The molecule has 1 aromatic rings. The molecule has 1 aromatic carbocycles.